The fourth-order valence-electron chi connectivity index (χ4n) is 5.96. The molecule has 3 aliphatic rings. The highest BCUT2D eigenvalue weighted by molar-refractivity contribution is 5.91. The van der Waals surface area contributed by atoms with Crippen molar-refractivity contribution in [2.45, 2.75) is 51.2 Å². The van der Waals surface area contributed by atoms with Crippen LogP contribution < -0.4 is 20.9 Å². The second-order valence-corrected chi connectivity index (χ2v) is 11.7. The Morgan fingerprint density at radius 2 is 1.85 bits per heavy atom. The van der Waals surface area contributed by atoms with Crippen LogP contribution in [-0.4, -0.2) is 80.1 Å². The van der Waals surface area contributed by atoms with E-state index in [0.717, 1.165) is 60.8 Å². The predicted octanol–water partition coefficient (Wildman–Crippen LogP) is 5.02. The van der Waals surface area contributed by atoms with Crippen LogP contribution in [0.25, 0.3) is 11.1 Å². The minimum Gasteiger partial charge on any atom is -0.378 e. The van der Waals surface area contributed by atoms with Crippen LogP contribution in [0.2, 0.25) is 0 Å². The van der Waals surface area contributed by atoms with E-state index in [2.05, 4.69) is 34.2 Å². The molecule has 8 nitrogen and oxygen atoms in total. The molecule has 3 N–H and O–H groups in total. The number of anilines is 3. The molecule has 4 heterocycles. The minimum atomic E-state index is -4.22. The fourth-order valence-corrected chi connectivity index (χ4v) is 5.96. The number of halogens is 3. The smallest absolute Gasteiger partial charge is 0.378 e. The zero-order valence-electron chi connectivity index (χ0n) is 23.3. The van der Waals surface area contributed by atoms with E-state index in [0.29, 0.717) is 38.4 Å². The number of alkyl halides is 3. The monoisotopic (exact) mass is 560 g/mol. The van der Waals surface area contributed by atoms with Crippen molar-refractivity contribution in [3.63, 3.8) is 0 Å². The van der Waals surface area contributed by atoms with Gasteiger partial charge >= 0.3 is 12.2 Å². The number of carbonyl (C=O) groups excluding carboxylic acids is 1. The molecular weight excluding hydrogens is 521 g/mol. The van der Waals surface area contributed by atoms with Gasteiger partial charge in [0.1, 0.15) is 11.6 Å². The molecule has 40 heavy (non-hydrogen) atoms. The van der Waals surface area contributed by atoms with Crippen LogP contribution in [0.1, 0.15) is 38.2 Å². The Balaban J connectivity index is 1.40. The highest BCUT2D eigenvalue weighted by atomic mass is 19.4. The van der Waals surface area contributed by atoms with Crippen LogP contribution in [-0.2, 0) is 4.74 Å². The van der Waals surface area contributed by atoms with E-state index in [4.69, 9.17) is 15.5 Å². The molecule has 3 aliphatic heterocycles. The molecule has 1 aromatic carbocycles. The lowest BCUT2D eigenvalue weighted by atomic mass is 9.92. The molecule has 1 unspecified atom stereocenters. The number of hydrogen-bond donors (Lipinski definition) is 2. The van der Waals surface area contributed by atoms with Gasteiger partial charge < -0.3 is 30.5 Å². The summed E-state index contributed by atoms with van der Waals surface area (Å²) in [5, 5.41) is 2.91. The number of benzene rings is 1. The molecule has 0 bridgehead atoms. The third-order valence-electron chi connectivity index (χ3n) is 8.08. The van der Waals surface area contributed by atoms with Crippen molar-refractivity contribution in [1.29, 1.82) is 0 Å². The topological polar surface area (TPSA) is 87.0 Å². The minimum absolute atomic E-state index is 0.108. The molecule has 0 spiro atoms. The van der Waals surface area contributed by atoms with Crippen molar-refractivity contribution in [2.75, 3.05) is 67.6 Å². The maximum atomic E-state index is 12.9. The number of urea groups is 1. The summed E-state index contributed by atoms with van der Waals surface area (Å²) in [6.45, 7) is 8.92. The molecule has 3 saturated heterocycles. The Labute approximate surface area is 233 Å². The van der Waals surface area contributed by atoms with Crippen molar-refractivity contribution < 1.29 is 22.7 Å². The molecule has 0 saturated carbocycles. The second-order valence-electron chi connectivity index (χ2n) is 11.7. The molecule has 5 rings (SSSR count). The van der Waals surface area contributed by atoms with Gasteiger partial charge in [-0.1, -0.05) is 6.07 Å². The molecule has 0 radical (unpaired) electrons. The summed E-state index contributed by atoms with van der Waals surface area (Å²) < 4.78 is 44.0. The summed E-state index contributed by atoms with van der Waals surface area (Å²) in [5.74, 6) is 1.19. The summed E-state index contributed by atoms with van der Waals surface area (Å²) in [7, 11) is 0. The van der Waals surface area contributed by atoms with Crippen LogP contribution >= 0.6 is 0 Å². The molecule has 218 valence electrons. The van der Waals surface area contributed by atoms with Gasteiger partial charge in [0.2, 0.25) is 0 Å². The molecule has 11 heteroatoms. The van der Waals surface area contributed by atoms with Crippen LogP contribution in [0.4, 0.5) is 35.3 Å². The second kappa shape index (κ2) is 11.4. The Morgan fingerprint density at radius 3 is 2.55 bits per heavy atom. The number of likely N-dealkylation sites (tertiary alicyclic amines) is 1. The highest BCUT2D eigenvalue weighted by Gasteiger charge is 2.36. The van der Waals surface area contributed by atoms with Gasteiger partial charge in [-0.3, -0.25) is 0 Å². The summed E-state index contributed by atoms with van der Waals surface area (Å²) in [5.41, 5.74) is 9.81. The molecule has 1 aromatic heterocycles. The van der Waals surface area contributed by atoms with Crippen LogP contribution in [0.5, 0.6) is 0 Å². The van der Waals surface area contributed by atoms with Crippen molar-refractivity contribution >= 4 is 23.4 Å². The zero-order valence-corrected chi connectivity index (χ0v) is 23.3. The Hall–Kier alpha value is -3.05. The summed E-state index contributed by atoms with van der Waals surface area (Å²) in [6.07, 6.45) is -2.76. The number of nitrogens with two attached hydrogens (primary N) is 1. The van der Waals surface area contributed by atoms with Gasteiger partial charge in [-0.05, 0) is 80.0 Å². The first kappa shape index (κ1) is 28.5. The van der Waals surface area contributed by atoms with Crippen LogP contribution in [0.15, 0.2) is 30.3 Å². The lowest BCUT2D eigenvalue weighted by Gasteiger charge is -2.39. The number of nitrogens with zero attached hydrogens (tertiary/aromatic N) is 4. The average molecular weight is 561 g/mol. The van der Waals surface area contributed by atoms with Crippen molar-refractivity contribution in [3.05, 3.63) is 35.9 Å². The summed E-state index contributed by atoms with van der Waals surface area (Å²) in [4.78, 5) is 23.9. The Morgan fingerprint density at radius 1 is 1.12 bits per heavy atom. The van der Waals surface area contributed by atoms with Gasteiger partial charge in [0.05, 0.1) is 13.2 Å². The molecule has 2 amide bonds. The number of hydrogen-bond acceptors (Lipinski definition) is 6. The number of amides is 2. The normalized spacial score (nSPS) is 23.9. The van der Waals surface area contributed by atoms with Gasteiger partial charge in [-0.25, -0.2) is 9.78 Å². The number of nitrogens with one attached hydrogen (secondary N) is 1. The predicted molar refractivity (Wildman–Crippen MR) is 151 cm³/mol. The van der Waals surface area contributed by atoms with E-state index in [9.17, 15) is 18.0 Å². The molecule has 3 fully saturated rings. The number of aromatic nitrogens is 1. The lowest BCUT2D eigenvalue weighted by molar-refractivity contribution is -0.143. The Bertz CT molecular complexity index is 1210. The first-order chi connectivity index (χ1) is 19.0. The highest BCUT2D eigenvalue weighted by Crippen LogP contribution is 2.35. The number of rotatable bonds is 5. The number of pyridine rings is 1. The maximum absolute atomic E-state index is 12.9. The quantitative estimate of drug-likeness (QED) is 0.534. The lowest BCUT2D eigenvalue weighted by Crippen LogP contribution is -2.52. The third-order valence-corrected chi connectivity index (χ3v) is 8.08. The molecule has 2 aromatic rings. The van der Waals surface area contributed by atoms with Gasteiger partial charge in [0.25, 0.3) is 0 Å². The number of piperidine rings is 1. The van der Waals surface area contributed by atoms with E-state index in [1.807, 2.05) is 25.1 Å². The van der Waals surface area contributed by atoms with E-state index in [-0.39, 0.29) is 18.1 Å². The first-order valence-corrected chi connectivity index (χ1v) is 14.1. The van der Waals surface area contributed by atoms with Gasteiger partial charge in [0.15, 0.2) is 0 Å². The van der Waals surface area contributed by atoms with E-state index < -0.39 is 18.5 Å². The van der Waals surface area contributed by atoms with E-state index in [1.54, 1.807) is 0 Å². The average Bonchev–Trinajstić information content (AvgIpc) is 3.36. The standard InChI is InChI=1S/C29H39F3N6O2/c1-20-4-5-23(34-27(39)37-9-6-21(18-37)17-29(30,31)32)16-24(20)22-14-25(36-10-12-40-13-11-36)35-26(15-22)38-8-3-7-28(2,33)19-38/h4-5,14-16,21H,3,6-13,17-19,33H2,1-2H3,(H,34,39)/t21?,28-/m0/s1. The molecule has 2 atom stereocenters. The number of morpholine rings is 1. The molecule has 0 aliphatic carbocycles. The summed E-state index contributed by atoms with van der Waals surface area (Å²) in [6, 6.07) is 9.50. The van der Waals surface area contributed by atoms with Crippen LogP contribution in [0, 0.1) is 12.8 Å². The van der Waals surface area contributed by atoms with Crippen LogP contribution in [0.3, 0.4) is 0 Å². The van der Waals surface area contributed by atoms with Gasteiger partial charge in [-0.15, -0.1) is 0 Å². The van der Waals surface area contributed by atoms with Crippen molar-refractivity contribution in [3.8, 4) is 11.1 Å². The van der Waals surface area contributed by atoms with Crippen molar-refractivity contribution in [2.24, 2.45) is 11.7 Å². The van der Waals surface area contributed by atoms with Gasteiger partial charge in [0, 0.05) is 56.9 Å². The zero-order chi connectivity index (χ0) is 28.5. The van der Waals surface area contributed by atoms with E-state index >= 15 is 0 Å². The number of ether oxygens (including phenoxy) is 1. The van der Waals surface area contributed by atoms with E-state index in [1.165, 1.54) is 4.90 Å². The SMILES string of the molecule is Cc1ccc(NC(=O)N2CCC(CC(F)(F)F)C2)cc1-c1cc(N2CCOCC2)nc(N2CCC[C@](C)(N)C2)c1. The Kier molecular flexibility index (Phi) is 8.15. The fraction of sp³-hybridized carbons (Fsp3) is 0.586. The van der Waals surface area contributed by atoms with Crippen molar-refractivity contribution in [1.82, 2.24) is 9.88 Å². The molecular formula is C29H39F3N6O2. The maximum Gasteiger partial charge on any atom is 0.389 e. The first-order valence-electron chi connectivity index (χ1n) is 14.1. The largest absolute Gasteiger partial charge is 0.389 e. The third kappa shape index (κ3) is 6.98. The number of carbonyl (C=O) groups is 1. The summed E-state index contributed by atoms with van der Waals surface area (Å²) >= 11 is 0. The number of aryl methyl sites for hydroxylation is 1. The van der Waals surface area contributed by atoms with Gasteiger partial charge in [-0.2, -0.15) is 13.2 Å².